The lowest BCUT2D eigenvalue weighted by atomic mass is 9.86. The number of carbonyl (C=O) groups excluding carboxylic acids is 1. The van der Waals surface area contributed by atoms with Crippen molar-refractivity contribution in [2.45, 2.75) is 45.6 Å². The van der Waals surface area contributed by atoms with Crippen LogP contribution in [-0.2, 0) is 14.9 Å². The molecule has 0 spiro atoms. The highest BCUT2D eigenvalue weighted by molar-refractivity contribution is 5.75. The maximum absolute atomic E-state index is 11.5. The predicted octanol–water partition coefficient (Wildman–Crippen LogP) is 2.56. The van der Waals surface area contributed by atoms with Gasteiger partial charge in [0, 0.05) is 19.6 Å². The molecule has 0 bridgehead atoms. The van der Waals surface area contributed by atoms with Crippen molar-refractivity contribution < 1.29 is 14.6 Å². The van der Waals surface area contributed by atoms with Crippen molar-refractivity contribution in [1.29, 1.82) is 0 Å². The number of aliphatic hydroxyl groups excluding tert-OH is 1. The lowest BCUT2D eigenvalue weighted by molar-refractivity contribution is -0.122. The van der Waals surface area contributed by atoms with Crippen molar-refractivity contribution in [3.63, 3.8) is 0 Å². The Kier molecular flexibility index (Phi) is 6.85. The first kappa shape index (κ1) is 17.7. The van der Waals surface area contributed by atoms with Gasteiger partial charge in [0.2, 0.25) is 5.91 Å². The van der Waals surface area contributed by atoms with Crippen LogP contribution in [0.1, 0.15) is 51.3 Å². The minimum Gasteiger partial charge on any atom is -0.387 e. The zero-order valence-electron chi connectivity index (χ0n) is 13.5. The maximum atomic E-state index is 11.5. The first-order valence-electron chi connectivity index (χ1n) is 7.47. The minimum atomic E-state index is -0.685. The largest absolute Gasteiger partial charge is 0.387 e. The summed E-state index contributed by atoms with van der Waals surface area (Å²) in [5.74, 6) is -0.103. The van der Waals surface area contributed by atoms with Gasteiger partial charge in [0.05, 0.1) is 12.7 Å². The summed E-state index contributed by atoms with van der Waals surface area (Å²) in [5, 5.41) is 12.8. The number of carbonyl (C=O) groups is 1. The standard InChI is InChI=1S/C17H27NO3/c1-5-21-11-10-16(20)18-12-15(19)13-6-8-14(9-7-13)17(2,3)4/h6-9,15,19H,5,10-12H2,1-4H3,(H,18,20). The molecular formula is C17H27NO3. The van der Waals surface area contributed by atoms with Gasteiger partial charge in [0.15, 0.2) is 0 Å². The van der Waals surface area contributed by atoms with E-state index in [1.165, 1.54) is 5.56 Å². The molecule has 4 heteroatoms. The summed E-state index contributed by atoms with van der Waals surface area (Å²) >= 11 is 0. The summed E-state index contributed by atoms with van der Waals surface area (Å²) in [4.78, 5) is 11.5. The minimum absolute atomic E-state index is 0.0942. The van der Waals surface area contributed by atoms with Crippen LogP contribution >= 0.6 is 0 Å². The zero-order chi connectivity index (χ0) is 15.9. The first-order chi connectivity index (χ1) is 9.84. The Morgan fingerprint density at radius 2 is 1.90 bits per heavy atom. The third-order valence-electron chi connectivity index (χ3n) is 3.33. The third-order valence-corrected chi connectivity index (χ3v) is 3.33. The average molecular weight is 293 g/mol. The molecule has 0 fully saturated rings. The summed E-state index contributed by atoms with van der Waals surface area (Å²) in [6, 6.07) is 7.88. The van der Waals surface area contributed by atoms with Crippen LogP contribution in [0.5, 0.6) is 0 Å². The molecule has 0 aliphatic rings. The fourth-order valence-corrected chi connectivity index (χ4v) is 1.93. The molecule has 2 N–H and O–H groups in total. The molecule has 1 aromatic carbocycles. The van der Waals surface area contributed by atoms with Crippen LogP contribution in [0.15, 0.2) is 24.3 Å². The number of amides is 1. The van der Waals surface area contributed by atoms with E-state index in [1.807, 2.05) is 31.2 Å². The first-order valence-corrected chi connectivity index (χ1v) is 7.47. The summed E-state index contributed by atoms with van der Waals surface area (Å²) in [6.45, 7) is 9.59. The molecular weight excluding hydrogens is 266 g/mol. The summed E-state index contributed by atoms with van der Waals surface area (Å²) in [5.41, 5.74) is 2.13. The lowest BCUT2D eigenvalue weighted by Gasteiger charge is -2.20. The van der Waals surface area contributed by atoms with Gasteiger partial charge in [-0.25, -0.2) is 0 Å². The van der Waals surface area contributed by atoms with Crippen LogP contribution in [0, 0.1) is 0 Å². The number of hydrogen-bond acceptors (Lipinski definition) is 3. The van der Waals surface area contributed by atoms with E-state index in [2.05, 4.69) is 26.1 Å². The van der Waals surface area contributed by atoms with E-state index in [9.17, 15) is 9.90 Å². The fraction of sp³-hybridized carbons (Fsp3) is 0.588. The van der Waals surface area contributed by atoms with E-state index in [-0.39, 0.29) is 17.9 Å². The topological polar surface area (TPSA) is 58.6 Å². The molecule has 0 saturated carbocycles. The molecule has 0 aliphatic carbocycles. The zero-order valence-corrected chi connectivity index (χ0v) is 13.5. The van der Waals surface area contributed by atoms with E-state index in [4.69, 9.17) is 4.74 Å². The van der Waals surface area contributed by atoms with Gasteiger partial charge >= 0.3 is 0 Å². The molecule has 0 aromatic heterocycles. The lowest BCUT2D eigenvalue weighted by Crippen LogP contribution is -2.29. The van der Waals surface area contributed by atoms with Gasteiger partial charge in [0.1, 0.15) is 0 Å². The van der Waals surface area contributed by atoms with Crippen molar-refractivity contribution in [3.05, 3.63) is 35.4 Å². The summed E-state index contributed by atoms with van der Waals surface area (Å²) in [7, 11) is 0. The van der Waals surface area contributed by atoms with Gasteiger partial charge in [-0.15, -0.1) is 0 Å². The predicted molar refractivity (Wildman–Crippen MR) is 84.2 cm³/mol. The van der Waals surface area contributed by atoms with E-state index >= 15 is 0 Å². The molecule has 118 valence electrons. The van der Waals surface area contributed by atoms with Crippen molar-refractivity contribution in [3.8, 4) is 0 Å². The van der Waals surface area contributed by atoms with Crippen molar-refractivity contribution >= 4 is 5.91 Å². The number of nitrogens with one attached hydrogen (secondary N) is 1. The van der Waals surface area contributed by atoms with Crippen LogP contribution in [0.3, 0.4) is 0 Å². The second-order valence-electron chi connectivity index (χ2n) is 6.14. The molecule has 1 atom stereocenters. The van der Waals surface area contributed by atoms with Crippen molar-refractivity contribution in [1.82, 2.24) is 5.32 Å². The van der Waals surface area contributed by atoms with Crippen LogP contribution < -0.4 is 5.32 Å². The Bertz CT molecular complexity index is 434. The Labute approximate surface area is 127 Å². The van der Waals surface area contributed by atoms with E-state index in [1.54, 1.807) is 0 Å². The van der Waals surface area contributed by atoms with Gasteiger partial charge in [-0.2, -0.15) is 0 Å². The molecule has 1 unspecified atom stereocenters. The number of hydrogen-bond donors (Lipinski definition) is 2. The SMILES string of the molecule is CCOCCC(=O)NCC(O)c1ccc(C(C)(C)C)cc1. The van der Waals surface area contributed by atoms with Crippen LogP contribution in [0.25, 0.3) is 0 Å². The van der Waals surface area contributed by atoms with Gasteiger partial charge in [-0.1, -0.05) is 45.0 Å². The Balaban J connectivity index is 2.45. The number of ether oxygens (including phenoxy) is 1. The van der Waals surface area contributed by atoms with Gasteiger partial charge in [-0.3, -0.25) is 4.79 Å². The highest BCUT2D eigenvalue weighted by Crippen LogP contribution is 2.23. The van der Waals surface area contributed by atoms with E-state index < -0.39 is 6.10 Å². The van der Waals surface area contributed by atoms with Gasteiger partial charge in [-0.05, 0) is 23.5 Å². The van der Waals surface area contributed by atoms with Gasteiger partial charge in [0.25, 0.3) is 0 Å². The molecule has 0 radical (unpaired) electrons. The van der Waals surface area contributed by atoms with Crippen molar-refractivity contribution in [2.75, 3.05) is 19.8 Å². The third kappa shape index (κ3) is 6.27. The Morgan fingerprint density at radius 3 is 2.43 bits per heavy atom. The normalized spacial score (nSPS) is 13.0. The Morgan fingerprint density at radius 1 is 1.29 bits per heavy atom. The van der Waals surface area contributed by atoms with Crippen LogP contribution in [0.2, 0.25) is 0 Å². The second kappa shape index (κ2) is 8.15. The molecule has 0 aliphatic heterocycles. The molecule has 1 aromatic rings. The maximum Gasteiger partial charge on any atom is 0.222 e. The number of aliphatic hydroxyl groups is 1. The quantitative estimate of drug-likeness (QED) is 0.760. The molecule has 4 nitrogen and oxygen atoms in total. The van der Waals surface area contributed by atoms with Gasteiger partial charge < -0.3 is 15.2 Å². The fourth-order valence-electron chi connectivity index (χ4n) is 1.93. The van der Waals surface area contributed by atoms with Crippen LogP contribution in [0.4, 0.5) is 0 Å². The smallest absolute Gasteiger partial charge is 0.222 e. The summed E-state index contributed by atoms with van der Waals surface area (Å²) < 4.78 is 5.12. The molecule has 1 rings (SSSR count). The second-order valence-corrected chi connectivity index (χ2v) is 6.14. The highest BCUT2D eigenvalue weighted by Gasteiger charge is 2.15. The number of benzene rings is 1. The van der Waals surface area contributed by atoms with Crippen molar-refractivity contribution in [2.24, 2.45) is 0 Å². The molecule has 0 saturated heterocycles. The van der Waals surface area contributed by atoms with Crippen LogP contribution in [-0.4, -0.2) is 30.8 Å². The number of rotatable bonds is 7. The Hall–Kier alpha value is -1.39. The molecule has 0 heterocycles. The van der Waals surface area contributed by atoms with E-state index in [0.29, 0.717) is 19.6 Å². The summed E-state index contributed by atoms with van der Waals surface area (Å²) in [6.07, 6.45) is -0.362. The monoisotopic (exact) mass is 293 g/mol. The molecule has 1 amide bonds. The van der Waals surface area contributed by atoms with E-state index in [0.717, 1.165) is 5.56 Å². The highest BCUT2D eigenvalue weighted by atomic mass is 16.5. The molecule has 21 heavy (non-hydrogen) atoms. The average Bonchev–Trinajstić information content (AvgIpc) is 2.44.